The minimum Gasteiger partial charge on any atom is -0.330 e. The fourth-order valence-corrected chi connectivity index (χ4v) is 1.63. The number of unbranched alkanes of at least 4 members (excludes halogenated alkanes) is 1. The van der Waals surface area contributed by atoms with Gasteiger partial charge in [0.05, 0.1) is 0 Å². The van der Waals surface area contributed by atoms with Crippen molar-refractivity contribution in [2.24, 2.45) is 11.5 Å². The maximum Gasteiger partial charge on any atom is 0.129 e. The van der Waals surface area contributed by atoms with Gasteiger partial charge in [0.15, 0.2) is 0 Å². The highest BCUT2D eigenvalue weighted by atomic mass is 35.5. The molecular weight excluding hydrogens is 215 g/mol. The molecule has 0 radical (unpaired) electrons. The van der Waals surface area contributed by atoms with E-state index in [9.17, 15) is 4.39 Å². The maximum absolute atomic E-state index is 13.4. The summed E-state index contributed by atoms with van der Waals surface area (Å²) >= 11 is 5.65. The van der Waals surface area contributed by atoms with E-state index in [0.29, 0.717) is 17.1 Å². The van der Waals surface area contributed by atoms with E-state index >= 15 is 0 Å². The Balaban J connectivity index is 2.61. The zero-order valence-electron chi connectivity index (χ0n) is 8.55. The van der Waals surface area contributed by atoms with E-state index in [1.807, 2.05) is 0 Å². The zero-order chi connectivity index (χ0) is 11.3. The van der Waals surface area contributed by atoms with Crippen molar-refractivity contribution in [2.45, 2.75) is 25.3 Å². The standard InChI is InChI=1S/C11H16ClFN2/c12-8-4-5-9(10(13)7-8)11(15)3-1-2-6-14/h4-5,7,11H,1-3,6,14-15H2/t11-/m1/s1. The molecule has 1 atom stereocenters. The van der Waals surface area contributed by atoms with Crippen LogP contribution in [0.3, 0.4) is 0 Å². The fourth-order valence-electron chi connectivity index (χ4n) is 1.47. The third kappa shape index (κ3) is 3.78. The van der Waals surface area contributed by atoms with E-state index in [1.54, 1.807) is 12.1 Å². The molecule has 0 saturated carbocycles. The van der Waals surface area contributed by atoms with E-state index in [1.165, 1.54) is 6.07 Å². The van der Waals surface area contributed by atoms with Crippen LogP contribution in [0.5, 0.6) is 0 Å². The second-order valence-electron chi connectivity index (χ2n) is 3.56. The Morgan fingerprint density at radius 1 is 1.33 bits per heavy atom. The molecule has 1 rings (SSSR count). The Morgan fingerprint density at radius 3 is 2.67 bits per heavy atom. The molecule has 0 bridgehead atoms. The minimum atomic E-state index is -0.331. The topological polar surface area (TPSA) is 52.0 Å². The van der Waals surface area contributed by atoms with Crippen LogP contribution in [0.15, 0.2) is 18.2 Å². The molecular formula is C11H16ClFN2. The maximum atomic E-state index is 13.4. The van der Waals surface area contributed by atoms with Gasteiger partial charge in [-0.1, -0.05) is 24.1 Å². The molecule has 0 heterocycles. The Kier molecular flexibility index (Phi) is 5.02. The zero-order valence-corrected chi connectivity index (χ0v) is 9.30. The van der Waals surface area contributed by atoms with Gasteiger partial charge < -0.3 is 11.5 Å². The van der Waals surface area contributed by atoms with Gasteiger partial charge in [0.1, 0.15) is 5.82 Å². The molecule has 84 valence electrons. The van der Waals surface area contributed by atoms with Crippen LogP contribution in [0, 0.1) is 5.82 Å². The van der Waals surface area contributed by atoms with Gasteiger partial charge in [0.25, 0.3) is 0 Å². The predicted octanol–water partition coefficient (Wildman–Crippen LogP) is 2.61. The Labute approximate surface area is 94.4 Å². The molecule has 0 saturated heterocycles. The van der Waals surface area contributed by atoms with Crippen molar-refractivity contribution in [3.63, 3.8) is 0 Å². The van der Waals surface area contributed by atoms with Crippen LogP contribution in [0.2, 0.25) is 5.02 Å². The van der Waals surface area contributed by atoms with Gasteiger partial charge >= 0.3 is 0 Å². The van der Waals surface area contributed by atoms with E-state index in [2.05, 4.69) is 0 Å². The van der Waals surface area contributed by atoms with Gasteiger partial charge in [0, 0.05) is 16.6 Å². The summed E-state index contributed by atoms with van der Waals surface area (Å²) in [6.45, 7) is 0.649. The van der Waals surface area contributed by atoms with Crippen LogP contribution < -0.4 is 11.5 Å². The summed E-state index contributed by atoms with van der Waals surface area (Å²) in [6, 6.07) is 4.32. The van der Waals surface area contributed by atoms with E-state index in [-0.39, 0.29) is 11.9 Å². The summed E-state index contributed by atoms with van der Waals surface area (Å²) in [7, 11) is 0. The molecule has 0 unspecified atom stereocenters. The normalized spacial score (nSPS) is 12.8. The Morgan fingerprint density at radius 2 is 2.07 bits per heavy atom. The number of hydrogen-bond acceptors (Lipinski definition) is 2. The summed E-state index contributed by atoms with van der Waals surface area (Å²) in [4.78, 5) is 0. The summed E-state index contributed by atoms with van der Waals surface area (Å²) in [5, 5.41) is 0.394. The van der Waals surface area contributed by atoms with Crippen LogP contribution in [0.4, 0.5) is 4.39 Å². The van der Waals surface area contributed by atoms with E-state index in [0.717, 1.165) is 19.3 Å². The first-order valence-electron chi connectivity index (χ1n) is 5.05. The van der Waals surface area contributed by atoms with Crippen molar-refractivity contribution in [1.29, 1.82) is 0 Å². The molecule has 0 amide bonds. The molecule has 4 heteroatoms. The summed E-state index contributed by atoms with van der Waals surface area (Å²) in [6.07, 6.45) is 2.58. The highest BCUT2D eigenvalue weighted by Crippen LogP contribution is 2.22. The third-order valence-corrected chi connectivity index (χ3v) is 2.57. The van der Waals surface area contributed by atoms with Gasteiger partial charge in [-0.2, -0.15) is 0 Å². The first-order chi connectivity index (χ1) is 7.15. The van der Waals surface area contributed by atoms with Gasteiger partial charge in [0.2, 0.25) is 0 Å². The van der Waals surface area contributed by atoms with Crippen molar-refractivity contribution in [2.75, 3.05) is 6.54 Å². The van der Waals surface area contributed by atoms with Crippen molar-refractivity contribution in [3.05, 3.63) is 34.6 Å². The molecule has 0 aliphatic heterocycles. The predicted molar refractivity (Wildman–Crippen MR) is 61.2 cm³/mol. The van der Waals surface area contributed by atoms with Gasteiger partial charge in [-0.05, 0) is 31.5 Å². The van der Waals surface area contributed by atoms with E-state index < -0.39 is 0 Å². The van der Waals surface area contributed by atoms with E-state index in [4.69, 9.17) is 23.1 Å². The first-order valence-corrected chi connectivity index (χ1v) is 5.43. The van der Waals surface area contributed by atoms with Crippen LogP contribution in [0.1, 0.15) is 30.9 Å². The Hall–Kier alpha value is -0.640. The highest BCUT2D eigenvalue weighted by molar-refractivity contribution is 6.30. The fraction of sp³-hybridized carbons (Fsp3) is 0.455. The molecule has 2 nitrogen and oxygen atoms in total. The first kappa shape index (κ1) is 12.4. The van der Waals surface area contributed by atoms with Crippen molar-refractivity contribution >= 4 is 11.6 Å². The van der Waals surface area contributed by atoms with Crippen LogP contribution >= 0.6 is 11.6 Å². The lowest BCUT2D eigenvalue weighted by Gasteiger charge is -2.12. The van der Waals surface area contributed by atoms with Gasteiger partial charge in [-0.25, -0.2) is 4.39 Å². The molecule has 0 aromatic heterocycles. The molecule has 0 aliphatic carbocycles. The van der Waals surface area contributed by atoms with Crippen LogP contribution in [0.25, 0.3) is 0 Å². The number of hydrogen-bond donors (Lipinski definition) is 2. The number of rotatable bonds is 5. The quantitative estimate of drug-likeness (QED) is 0.764. The summed E-state index contributed by atoms with van der Waals surface area (Å²) < 4.78 is 13.4. The van der Waals surface area contributed by atoms with Gasteiger partial charge in [-0.3, -0.25) is 0 Å². The average molecular weight is 231 g/mol. The second-order valence-corrected chi connectivity index (χ2v) is 3.99. The lowest BCUT2D eigenvalue weighted by atomic mass is 10.0. The average Bonchev–Trinajstić information content (AvgIpc) is 2.17. The molecule has 0 aliphatic rings. The lowest BCUT2D eigenvalue weighted by molar-refractivity contribution is 0.543. The monoisotopic (exact) mass is 230 g/mol. The molecule has 0 fully saturated rings. The number of benzene rings is 1. The molecule has 4 N–H and O–H groups in total. The minimum absolute atomic E-state index is 0.270. The summed E-state index contributed by atoms with van der Waals surface area (Å²) in [5.74, 6) is -0.331. The third-order valence-electron chi connectivity index (χ3n) is 2.33. The van der Waals surface area contributed by atoms with Crippen molar-refractivity contribution in [1.82, 2.24) is 0 Å². The highest BCUT2D eigenvalue weighted by Gasteiger charge is 2.10. The number of nitrogens with two attached hydrogens (primary N) is 2. The molecule has 15 heavy (non-hydrogen) atoms. The lowest BCUT2D eigenvalue weighted by Crippen LogP contribution is -2.12. The second kappa shape index (κ2) is 6.05. The molecule has 0 spiro atoms. The van der Waals surface area contributed by atoms with Crippen molar-refractivity contribution in [3.8, 4) is 0 Å². The summed E-state index contributed by atoms with van der Waals surface area (Å²) in [5.41, 5.74) is 11.8. The van der Waals surface area contributed by atoms with Crippen LogP contribution in [-0.2, 0) is 0 Å². The van der Waals surface area contributed by atoms with Crippen molar-refractivity contribution < 1.29 is 4.39 Å². The van der Waals surface area contributed by atoms with Crippen LogP contribution in [-0.4, -0.2) is 6.54 Å². The Bertz CT molecular complexity index is 317. The number of halogens is 2. The smallest absolute Gasteiger partial charge is 0.129 e. The molecule has 1 aromatic carbocycles. The largest absolute Gasteiger partial charge is 0.330 e. The molecule has 1 aromatic rings. The van der Waals surface area contributed by atoms with Gasteiger partial charge in [-0.15, -0.1) is 0 Å². The SMILES string of the molecule is NCCCC[C@@H](N)c1ccc(Cl)cc1F.